The standard InChI is InChI=1S/C16H13N5/c1-20-14(5-6-19-20)12-3-2-4-13(9-12)15-10-18-16-11-17-7-8-21(15)16/h2-11H,1H3. The van der Waals surface area contributed by atoms with Crippen molar-refractivity contribution in [2.45, 2.75) is 0 Å². The van der Waals surface area contributed by atoms with Crippen LogP contribution in [-0.4, -0.2) is 24.1 Å². The van der Waals surface area contributed by atoms with Crippen LogP contribution in [0.15, 0.2) is 61.3 Å². The van der Waals surface area contributed by atoms with Crippen LogP contribution in [0.25, 0.3) is 28.2 Å². The van der Waals surface area contributed by atoms with Crippen LogP contribution in [-0.2, 0) is 7.05 Å². The lowest BCUT2D eigenvalue weighted by Crippen LogP contribution is -1.94. The Morgan fingerprint density at radius 1 is 0.952 bits per heavy atom. The summed E-state index contributed by atoms with van der Waals surface area (Å²) < 4.78 is 3.91. The van der Waals surface area contributed by atoms with E-state index in [0.29, 0.717) is 0 Å². The monoisotopic (exact) mass is 275 g/mol. The molecule has 0 unspecified atom stereocenters. The van der Waals surface area contributed by atoms with Crippen LogP contribution in [0.3, 0.4) is 0 Å². The molecule has 5 nitrogen and oxygen atoms in total. The Morgan fingerprint density at radius 2 is 1.81 bits per heavy atom. The van der Waals surface area contributed by atoms with E-state index in [2.05, 4.69) is 39.3 Å². The van der Waals surface area contributed by atoms with Gasteiger partial charge in [-0.25, -0.2) is 4.98 Å². The third-order valence-electron chi connectivity index (χ3n) is 3.59. The minimum absolute atomic E-state index is 0.846. The SMILES string of the molecule is Cn1nccc1-c1cccc(-c2cnc3cnccn23)c1. The molecule has 0 spiro atoms. The maximum absolute atomic E-state index is 4.39. The minimum atomic E-state index is 0.846. The van der Waals surface area contributed by atoms with Crippen molar-refractivity contribution in [3.05, 3.63) is 61.3 Å². The third kappa shape index (κ3) is 1.90. The van der Waals surface area contributed by atoms with Crippen LogP contribution in [0.5, 0.6) is 0 Å². The molecule has 0 aliphatic carbocycles. The van der Waals surface area contributed by atoms with E-state index in [0.717, 1.165) is 28.2 Å². The molecule has 0 aliphatic rings. The first kappa shape index (κ1) is 11.8. The molecule has 0 aliphatic heterocycles. The molecule has 0 atom stereocenters. The summed E-state index contributed by atoms with van der Waals surface area (Å²) >= 11 is 0. The molecule has 0 radical (unpaired) electrons. The van der Waals surface area contributed by atoms with Gasteiger partial charge >= 0.3 is 0 Å². The molecule has 0 saturated heterocycles. The van der Waals surface area contributed by atoms with Crippen LogP contribution in [0.4, 0.5) is 0 Å². The van der Waals surface area contributed by atoms with E-state index in [1.54, 1.807) is 12.4 Å². The normalized spacial score (nSPS) is 11.1. The first-order valence-corrected chi connectivity index (χ1v) is 6.69. The van der Waals surface area contributed by atoms with Gasteiger partial charge in [0, 0.05) is 36.8 Å². The molecule has 1 aromatic carbocycles. The van der Waals surface area contributed by atoms with Crippen molar-refractivity contribution in [3.63, 3.8) is 0 Å². The fourth-order valence-corrected chi connectivity index (χ4v) is 2.55. The number of hydrogen-bond donors (Lipinski definition) is 0. The van der Waals surface area contributed by atoms with E-state index < -0.39 is 0 Å². The molecule has 0 amide bonds. The van der Waals surface area contributed by atoms with Crippen LogP contribution in [0, 0.1) is 0 Å². The van der Waals surface area contributed by atoms with Crippen molar-refractivity contribution in [1.29, 1.82) is 0 Å². The van der Waals surface area contributed by atoms with Crippen LogP contribution in [0.2, 0.25) is 0 Å². The van der Waals surface area contributed by atoms with E-state index >= 15 is 0 Å². The van der Waals surface area contributed by atoms with Gasteiger partial charge < -0.3 is 0 Å². The van der Waals surface area contributed by atoms with Gasteiger partial charge in [0.1, 0.15) is 0 Å². The van der Waals surface area contributed by atoms with Gasteiger partial charge in [-0.3, -0.25) is 14.1 Å². The van der Waals surface area contributed by atoms with Crippen molar-refractivity contribution < 1.29 is 0 Å². The Bertz CT molecular complexity index is 919. The number of nitrogens with zero attached hydrogens (tertiary/aromatic N) is 5. The van der Waals surface area contributed by atoms with E-state index in [1.807, 2.05) is 40.8 Å². The molecule has 4 rings (SSSR count). The minimum Gasteiger partial charge on any atom is -0.297 e. The molecule has 4 aromatic rings. The number of aromatic nitrogens is 5. The number of fused-ring (bicyclic) bond motifs is 1. The smallest absolute Gasteiger partial charge is 0.155 e. The highest BCUT2D eigenvalue weighted by molar-refractivity contribution is 5.71. The van der Waals surface area contributed by atoms with E-state index in [-0.39, 0.29) is 0 Å². The quantitative estimate of drug-likeness (QED) is 0.565. The first-order chi connectivity index (χ1) is 10.3. The maximum atomic E-state index is 4.39. The fourth-order valence-electron chi connectivity index (χ4n) is 2.55. The summed E-state index contributed by atoms with van der Waals surface area (Å²) in [6.45, 7) is 0. The zero-order valence-electron chi connectivity index (χ0n) is 11.5. The maximum Gasteiger partial charge on any atom is 0.155 e. The zero-order valence-corrected chi connectivity index (χ0v) is 11.5. The summed E-state index contributed by atoms with van der Waals surface area (Å²) in [5.41, 5.74) is 5.24. The molecular weight excluding hydrogens is 262 g/mol. The highest BCUT2D eigenvalue weighted by atomic mass is 15.3. The van der Waals surface area contributed by atoms with Crippen LogP contribution >= 0.6 is 0 Å². The van der Waals surface area contributed by atoms with Gasteiger partial charge in [0.15, 0.2) is 5.65 Å². The zero-order chi connectivity index (χ0) is 14.2. The van der Waals surface area contributed by atoms with Gasteiger partial charge in [0.05, 0.1) is 23.8 Å². The number of benzene rings is 1. The number of hydrogen-bond acceptors (Lipinski definition) is 3. The van der Waals surface area contributed by atoms with E-state index in [4.69, 9.17) is 0 Å². The molecule has 0 fully saturated rings. The summed E-state index contributed by atoms with van der Waals surface area (Å²) in [6, 6.07) is 10.4. The molecular formula is C16H13N5. The molecule has 102 valence electrons. The topological polar surface area (TPSA) is 48.0 Å². The van der Waals surface area contributed by atoms with Gasteiger partial charge in [-0.15, -0.1) is 0 Å². The summed E-state index contributed by atoms with van der Waals surface area (Å²) in [7, 11) is 1.95. The average molecular weight is 275 g/mol. The number of aryl methyl sites for hydroxylation is 1. The summed E-state index contributed by atoms with van der Waals surface area (Å²) in [5.74, 6) is 0. The molecule has 0 N–H and O–H groups in total. The second kappa shape index (κ2) is 4.56. The lowest BCUT2D eigenvalue weighted by molar-refractivity contribution is 0.776. The van der Waals surface area contributed by atoms with Gasteiger partial charge in [-0.05, 0) is 12.1 Å². The Morgan fingerprint density at radius 3 is 2.62 bits per heavy atom. The first-order valence-electron chi connectivity index (χ1n) is 6.69. The van der Waals surface area contributed by atoms with Crippen molar-refractivity contribution in [2.75, 3.05) is 0 Å². The van der Waals surface area contributed by atoms with Crippen LogP contribution < -0.4 is 0 Å². The lowest BCUT2D eigenvalue weighted by Gasteiger charge is -2.06. The van der Waals surface area contributed by atoms with Gasteiger partial charge in [-0.2, -0.15) is 5.10 Å². The lowest BCUT2D eigenvalue weighted by atomic mass is 10.1. The molecule has 5 heteroatoms. The van der Waals surface area contributed by atoms with Gasteiger partial charge in [0.25, 0.3) is 0 Å². The molecule has 0 bridgehead atoms. The van der Waals surface area contributed by atoms with Gasteiger partial charge in [-0.1, -0.05) is 18.2 Å². The Labute approximate surface area is 121 Å². The van der Waals surface area contributed by atoms with Crippen molar-refractivity contribution >= 4 is 5.65 Å². The molecule has 0 saturated carbocycles. The van der Waals surface area contributed by atoms with E-state index in [9.17, 15) is 0 Å². The summed E-state index contributed by atoms with van der Waals surface area (Å²) in [5, 5.41) is 4.23. The van der Waals surface area contributed by atoms with Gasteiger partial charge in [0.2, 0.25) is 0 Å². The Hall–Kier alpha value is -2.95. The molecule has 21 heavy (non-hydrogen) atoms. The Balaban J connectivity index is 1.88. The van der Waals surface area contributed by atoms with E-state index in [1.165, 1.54) is 0 Å². The summed E-state index contributed by atoms with van der Waals surface area (Å²) in [6.07, 6.45) is 9.13. The van der Waals surface area contributed by atoms with Crippen molar-refractivity contribution in [2.24, 2.45) is 7.05 Å². The molecule has 3 heterocycles. The predicted molar refractivity (Wildman–Crippen MR) is 80.6 cm³/mol. The average Bonchev–Trinajstić information content (AvgIpc) is 3.13. The second-order valence-corrected chi connectivity index (χ2v) is 4.87. The predicted octanol–water partition coefficient (Wildman–Crippen LogP) is 2.80. The third-order valence-corrected chi connectivity index (χ3v) is 3.59. The van der Waals surface area contributed by atoms with Crippen LogP contribution in [0.1, 0.15) is 0 Å². The molecule has 3 aromatic heterocycles. The largest absolute Gasteiger partial charge is 0.297 e. The highest BCUT2D eigenvalue weighted by Crippen LogP contribution is 2.26. The summed E-state index contributed by atoms with van der Waals surface area (Å²) in [4.78, 5) is 8.48. The van der Waals surface area contributed by atoms with Crippen molar-refractivity contribution in [3.8, 4) is 22.5 Å². The highest BCUT2D eigenvalue weighted by Gasteiger charge is 2.08. The fraction of sp³-hybridized carbons (Fsp3) is 0.0625. The van der Waals surface area contributed by atoms with Crippen molar-refractivity contribution in [1.82, 2.24) is 24.1 Å². The number of rotatable bonds is 2. The Kier molecular flexibility index (Phi) is 2.57. The second-order valence-electron chi connectivity index (χ2n) is 4.87. The number of imidazole rings is 1.